The SMILES string of the molecule is CC#CCC(F)(C(=O)O)C1CC1. The van der Waals surface area contributed by atoms with Gasteiger partial charge in [-0.15, -0.1) is 5.92 Å². The highest BCUT2D eigenvalue weighted by atomic mass is 19.1. The fourth-order valence-corrected chi connectivity index (χ4v) is 1.15. The summed E-state index contributed by atoms with van der Waals surface area (Å²) < 4.78 is 13.6. The number of hydrogen-bond donors (Lipinski definition) is 1. The van der Waals surface area contributed by atoms with E-state index in [2.05, 4.69) is 11.8 Å². The normalized spacial score (nSPS) is 20.5. The lowest BCUT2D eigenvalue weighted by molar-refractivity contribution is -0.152. The summed E-state index contributed by atoms with van der Waals surface area (Å²) in [6.07, 6.45) is 1.17. The minimum absolute atomic E-state index is 0.177. The Balaban J connectivity index is 2.68. The fourth-order valence-electron chi connectivity index (χ4n) is 1.15. The van der Waals surface area contributed by atoms with Crippen LogP contribution >= 0.6 is 0 Å². The van der Waals surface area contributed by atoms with Crippen LogP contribution in [0.2, 0.25) is 0 Å². The van der Waals surface area contributed by atoms with Gasteiger partial charge in [-0.05, 0) is 19.8 Å². The van der Waals surface area contributed by atoms with Gasteiger partial charge >= 0.3 is 5.97 Å². The van der Waals surface area contributed by atoms with Gasteiger partial charge in [0.25, 0.3) is 0 Å². The molecule has 0 heterocycles. The van der Waals surface area contributed by atoms with E-state index in [4.69, 9.17) is 5.11 Å². The number of carboxylic acids is 1. The van der Waals surface area contributed by atoms with Crippen molar-refractivity contribution in [3.63, 3.8) is 0 Å². The van der Waals surface area contributed by atoms with Gasteiger partial charge < -0.3 is 5.11 Å². The highest BCUT2D eigenvalue weighted by molar-refractivity contribution is 5.78. The maximum atomic E-state index is 13.6. The summed E-state index contributed by atoms with van der Waals surface area (Å²) in [5.74, 6) is 3.32. The second-order valence-corrected chi connectivity index (χ2v) is 3.05. The smallest absolute Gasteiger partial charge is 0.342 e. The molecule has 0 aromatic rings. The molecule has 1 saturated carbocycles. The van der Waals surface area contributed by atoms with E-state index in [1.807, 2.05) is 0 Å². The van der Waals surface area contributed by atoms with Crippen LogP contribution in [-0.2, 0) is 4.79 Å². The van der Waals surface area contributed by atoms with Crippen molar-refractivity contribution in [2.75, 3.05) is 0 Å². The van der Waals surface area contributed by atoms with Crippen LogP contribution in [-0.4, -0.2) is 16.7 Å². The maximum Gasteiger partial charge on any atom is 0.342 e. The van der Waals surface area contributed by atoms with Gasteiger partial charge in [0.2, 0.25) is 5.67 Å². The Hall–Kier alpha value is -1.04. The van der Waals surface area contributed by atoms with Gasteiger partial charge in [-0.3, -0.25) is 0 Å². The predicted molar refractivity (Wildman–Crippen MR) is 42.3 cm³/mol. The molecule has 1 N–H and O–H groups in total. The van der Waals surface area contributed by atoms with Crippen molar-refractivity contribution in [1.29, 1.82) is 0 Å². The number of aliphatic carboxylic acids is 1. The number of alkyl halides is 1. The molecule has 0 spiro atoms. The molecule has 1 fully saturated rings. The van der Waals surface area contributed by atoms with Crippen LogP contribution in [0.4, 0.5) is 4.39 Å². The van der Waals surface area contributed by atoms with E-state index in [-0.39, 0.29) is 12.3 Å². The van der Waals surface area contributed by atoms with E-state index >= 15 is 0 Å². The Kier molecular flexibility index (Phi) is 2.37. The quantitative estimate of drug-likeness (QED) is 0.653. The first kappa shape index (κ1) is 9.05. The molecule has 0 aliphatic heterocycles. The highest BCUT2D eigenvalue weighted by Gasteiger charge is 2.51. The molecule has 2 nitrogen and oxygen atoms in total. The second-order valence-electron chi connectivity index (χ2n) is 3.05. The first-order valence-corrected chi connectivity index (χ1v) is 3.93. The monoisotopic (exact) mass is 170 g/mol. The van der Waals surface area contributed by atoms with Gasteiger partial charge in [-0.2, -0.15) is 0 Å². The minimum atomic E-state index is -2.09. The van der Waals surface area contributed by atoms with Crippen molar-refractivity contribution in [2.45, 2.75) is 31.9 Å². The largest absolute Gasteiger partial charge is 0.479 e. The topological polar surface area (TPSA) is 37.3 Å². The maximum absolute atomic E-state index is 13.6. The lowest BCUT2D eigenvalue weighted by atomic mass is 9.96. The summed E-state index contributed by atoms with van der Waals surface area (Å²) in [6.45, 7) is 1.58. The third-order valence-corrected chi connectivity index (χ3v) is 2.10. The average molecular weight is 170 g/mol. The van der Waals surface area contributed by atoms with Crippen LogP contribution in [0.5, 0.6) is 0 Å². The fraction of sp³-hybridized carbons (Fsp3) is 0.667. The van der Waals surface area contributed by atoms with Crippen LogP contribution in [0.15, 0.2) is 0 Å². The van der Waals surface area contributed by atoms with Gasteiger partial charge in [0.05, 0.1) is 6.42 Å². The molecule has 1 rings (SSSR count). The summed E-state index contributed by atoms with van der Waals surface area (Å²) in [5.41, 5.74) is -2.09. The van der Waals surface area contributed by atoms with Gasteiger partial charge in [0, 0.05) is 5.92 Å². The van der Waals surface area contributed by atoms with Crippen molar-refractivity contribution in [2.24, 2.45) is 5.92 Å². The summed E-state index contributed by atoms with van der Waals surface area (Å²) >= 11 is 0. The third-order valence-electron chi connectivity index (χ3n) is 2.10. The zero-order chi connectivity index (χ0) is 9.19. The molecule has 0 aromatic carbocycles. The van der Waals surface area contributed by atoms with Crippen LogP contribution in [0.25, 0.3) is 0 Å². The predicted octanol–water partition coefficient (Wildman–Crippen LogP) is 1.60. The Morgan fingerprint density at radius 1 is 1.75 bits per heavy atom. The van der Waals surface area contributed by atoms with E-state index < -0.39 is 11.6 Å². The highest BCUT2D eigenvalue weighted by Crippen LogP contribution is 2.44. The molecular weight excluding hydrogens is 159 g/mol. The van der Waals surface area contributed by atoms with Crippen LogP contribution in [0.1, 0.15) is 26.2 Å². The molecule has 1 aliphatic rings. The van der Waals surface area contributed by atoms with Gasteiger partial charge in [0.15, 0.2) is 0 Å². The lowest BCUT2D eigenvalue weighted by Crippen LogP contribution is -2.35. The third kappa shape index (κ3) is 1.58. The van der Waals surface area contributed by atoms with E-state index in [0.29, 0.717) is 12.8 Å². The van der Waals surface area contributed by atoms with Crippen molar-refractivity contribution in [1.82, 2.24) is 0 Å². The minimum Gasteiger partial charge on any atom is -0.479 e. The van der Waals surface area contributed by atoms with E-state index in [9.17, 15) is 9.18 Å². The zero-order valence-corrected chi connectivity index (χ0v) is 6.93. The number of halogens is 1. The van der Waals surface area contributed by atoms with E-state index in [1.165, 1.54) is 0 Å². The average Bonchev–Trinajstić information content (AvgIpc) is 2.82. The molecule has 0 saturated heterocycles. The molecule has 0 aromatic heterocycles. The van der Waals surface area contributed by atoms with Gasteiger partial charge in [-0.1, -0.05) is 5.92 Å². The van der Waals surface area contributed by atoms with Crippen molar-refractivity contribution < 1.29 is 14.3 Å². The van der Waals surface area contributed by atoms with Crippen molar-refractivity contribution in [3.8, 4) is 11.8 Å². The Bertz CT molecular complexity index is 247. The molecule has 1 atom stereocenters. The molecule has 0 bridgehead atoms. The van der Waals surface area contributed by atoms with E-state index in [1.54, 1.807) is 6.92 Å². The summed E-state index contributed by atoms with van der Waals surface area (Å²) in [6, 6.07) is 0. The van der Waals surface area contributed by atoms with Crippen molar-refractivity contribution in [3.05, 3.63) is 0 Å². The van der Waals surface area contributed by atoms with Crippen LogP contribution in [0, 0.1) is 17.8 Å². The molecule has 3 heteroatoms. The summed E-state index contributed by atoms with van der Waals surface area (Å²) in [7, 11) is 0. The standard InChI is InChI=1S/C9H11FO2/c1-2-3-6-9(10,8(11)12)7-4-5-7/h7H,4-6H2,1H3,(H,11,12). The second kappa shape index (κ2) is 3.14. The Labute approximate surface area is 70.8 Å². The Morgan fingerprint density at radius 3 is 2.67 bits per heavy atom. The van der Waals surface area contributed by atoms with Gasteiger partial charge in [-0.25, -0.2) is 9.18 Å². The van der Waals surface area contributed by atoms with Crippen LogP contribution in [0.3, 0.4) is 0 Å². The molecule has 0 radical (unpaired) electrons. The molecule has 12 heavy (non-hydrogen) atoms. The van der Waals surface area contributed by atoms with Crippen LogP contribution < -0.4 is 0 Å². The molecular formula is C9H11FO2. The van der Waals surface area contributed by atoms with Crippen molar-refractivity contribution >= 4 is 5.97 Å². The lowest BCUT2D eigenvalue weighted by Gasteiger charge is -2.16. The first-order chi connectivity index (χ1) is 5.61. The molecule has 66 valence electrons. The molecule has 1 unspecified atom stereocenters. The number of hydrogen-bond acceptors (Lipinski definition) is 1. The Morgan fingerprint density at radius 2 is 2.33 bits per heavy atom. The first-order valence-electron chi connectivity index (χ1n) is 3.93. The number of rotatable bonds is 3. The summed E-state index contributed by atoms with van der Waals surface area (Å²) in [5, 5.41) is 8.63. The number of carboxylic acid groups (broad SMARTS) is 1. The summed E-state index contributed by atoms with van der Waals surface area (Å²) in [4.78, 5) is 10.6. The molecule has 0 amide bonds. The molecule has 1 aliphatic carbocycles. The zero-order valence-electron chi connectivity index (χ0n) is 6.93. The van der Waals surface area contributed by atoms with Gasteiger partial charge in [0.1, 0.15) is 0 Å². The van der Waals surface area contributed by atoms with E-state index in [0.717, 1.165) is 0 Å². The number of carbonyl (C=O) groups is 1.